The van der Waals surface area contributed by atoms with Gasteiger partial charge in [-0.3, -0.25) is 0 Å². The van der Waals surface area contributed by atoms with Gasteiger partial charge in [-0.2, -0.15) is 0 Å². The minimum atomic E-state index is -0.178. The monoisotopic (exact) mass is 259 g/mol. The van der Waals surface area contributed by atoms with Gasteiger partial charge in [-0.1, -0.05) is 0 Å². The SMILES string of the molecule is Cc1nc(-c2ccc(O)c(O)c2)nc(C)c1CCN. The summed E-state index contributed by atoms with van der Waals surface area (Å²) in [6, 6.07) is 4.55. The zero-order valence-corrected chi connectivity index (χ0v) is 11.0. The standard InChI is InChI=1S/C14H17N3O2/c1-8-11(5-6-15)9(2)17-14(16-8)10-3-4-12(18)13(19)7-10/h3-4,7,18-19H,5-6,15H2,1-2H3. The lowest BCUT2D eigenvalue weighted by molar-refractivity contribution is 0.404. The molecule has 0 aliphatic carbocycles. The molecule has 0 saturated carbocycles. The summed E-state index contributed by atoms with van der Waals surface area (Å²) in [5, 5.41) is 18.8. The summed E-state index contributed by atoms with van der Waals surface area (Å²) in [5.41, 5.74) is 9.08. The third-order valence-electron chi connectivity index (χ3n) is 3.05. The smallest absolute Gasteiger partial charge is 0.159 e. The first-order valence-electron chi connectivity index (χ1n) is 6.09. The lowest BCUT2D eigenvalue weighted by Gasteiger charge is -2.10. The van der Waals surface area contributed by atoms with Crippen molar-refractivity contribution in [2.45, 2.75) is 20.3 Å². The van der Waals surface area contributed by atoms with Crippen LogP contribution in [0.3, 0.4) is 0 Å². The molecule has 4 N–H and O–H groups in total. The first-order valence-corrected chi connectivity index (χ1v) is 6.09. The Morgan fingerprint density at radius 2 is 1.68 bits per heavy atom. The molecular weight excluding hydrogens is 242 g/mol. The van der Waals surface area contributed by atoms with Gasteiger partial charge in [0.1, 0.15) is 0 Å². The van der Waals surface area contributed by atoms with E-state index in [0.717, 1.165) is 23.4 Å². The number of nitrogens with zero attached hydrogens (tertiary/aromatic N) is 2. The van der Waals surface area contributed by atoms with Crippen LogP contribution < -0.4 is 5.73 Å². The molecule has 5 nitrogen and oxygen atoms in total. The number of aromatic nitrogens is 2. The Morgan fingerprint density at radius 1 is 1.05 bits per heavy atom. The maximum Gasteiger partial charge on any atom is 0.159 e. The van der Waals surface area contributed by atoms with Crippen LogP contribution in [0.15, 0.2) is 18.2 Å². The van der Waals surface area contributed by atoms with Gasteiger partial charge < -0.3 is 15.9 Å². The van der Waals surface area contributed by atoms with Gasteiger partial charge in [0.05, 0.1) is 0 Å². The van der Waals surface area contributed by atoms with Crippen LogP contribution in [0.5, 0.6) is 11.5 Å². The van der Waals surface area contributed by atoms with E-state index in [1.54, 1.807) is 6.07 Å². The molecule has 0 aliphatic rings. The van der Waals surface area contributed by atoms with E-state index < -0.39 is 0 Å². The number of phenolic OH excluding ortho intramolecular Hbond substituents is 2. The fourth-order valence-electron chi connectivity index (χ4n) is 2.04. The van der Waals surface area contributed by atoms with Crippen molar-refractivity contribution in [2.24, 2.45) is 5.73 Å². The summed E-state index contributed by atoms with van der Waals surface area (Å²) in [7, 11) is 0. The normalized spacial score (nSPS) is 10.7. The van der Waals surface area contributed by atoms with Crippen molar-refractivity contribution < 1.29 is 10.2 Å². The number of nitrogens with two attached hydrogens (primary N) is 1. The maximum absolute atomic E-state index is 9.52. The summed E-state index contributed by atoms with van der Waals surface area (Å²) < 4.78 is 0. The average Bonchev–Trinajstić information content (AvgIpc) is 2.37. The minimum Gasteiger partial charge on any atom is -0.504 e. The van der Waals surface area contributed by atoms with Crippen molar-refractivity contribution in [1.82, 2.24) is 9.97 Å². The molecule has 1 heterocycles. The van der Waals surface area contributed by atoms with Crippen molar-refractivity contribution in [1.29, 1.82) is 0 Å². The fourth-order valence-corrected chi connectivity index (χ4v) is 2.04. The van der Waals surface area contributed by atoms with E-state index in [-0.39, 0.29) is 11.5 Å². The molecule has 1 aromatic carbocycles. The first kappa shape index (κ1) is 13.3. The van der Waals surface area contributed by atoms with Crippen molar-refractivity contribution in [3.05, 3.63) is 35.2 Å². The van der Waals surface area contributed by atoms with Crippen LogP contribution in [-0.4, -0.2) is 26.7 Å². The van der Waals surface area contributed by atoms with Crippen LogP contribution in [0.2, 0.25) is 0 Å². The zero-order chi connectivity index (χ0) is 14.0. The van der Waals surface area contributed by atoms with Gasteiger partial charge in [0.2, 0.25) is 0 Å². The molecule has 0 fully saturated rings. The average molecular weight is 259 g/mol. The van der Waals surface area contributed by atoms with E-state index in [4.69, 9.17) is 5.73 Å². The van der Waals surface area contributed by atoms with Crippen molar-refractivity contribution in [2.75, 3.05) is 6.54 Å². The number of hydrogen-bond acceptors (Lipinski definition) is 5. The molecule has 2 rings (SSSR count). The van der Waals surface area contributed by atoms with E-state index in [1.807, 2.05) is 13.8 Å². The largest absolute Gasteiger partial charge is 0.504 e. The van der Waals surface area contributed by atoms with Gasteiger partial charge in [-0.05, 0) is 50.6 Å². The summed E-state index contributed by atoms with van der Waals surface area (Å²) >= 11 is 0. The molecule has 0 radical (unpaired) electrons. The Balaban J connectivity index is 2.48. The van der Waals surface area contributed by atoms with Crippen LogP contribution in [0, 0.1) is 13.8 Å². The second kappa shape index (κ2) is 5.24. The van der Waals surface area contributed by atoms with Crippen LogP contribution in [0.1, 0.15) is 17.0 Å². The van der Waals surface area contributed by atoms with E-state index in [1.165, 1.54) is 12.1 Å². The highest BCUT2D eigenvalue weighted by Gasteiger charge is 2.11. The number of phenols is 2. The van der Waals surface area contributed by atoms with Crippen molar-refractivity contribution >= 4 is 0 Å². The van der Waals surface area contributed by atoms with Gasteiger partial charge in [0, 0.05) is 17.0 Å². The Bertz CT molecular complexity index is 589. The fraction of sp³-hybridized carbons (Fsp3) is 0.286. The van der Waals surface area contributed by atoms with E-state index in [0.29, 0.717) is 17.9 Å². The number of rotatable bonds is 3. The summed E-state index contributed by atoms with van der Waals surface area (Å²) in [5.74, 6) is 0.199. The summed E-state index contributed by atoms with van der Waals surface area (Å²) in [6.07, 6.45) is 0.749. The number of hydrogen-bond donors (Lipinski definition) is 3. The zero-order valence-electron chi connectivity index (χ0n) is 11.0. The van der Waals surface area contributed by atoms with E-state index in [9.17, 15) is 10.2 Å². The third kappa shape index (κ3) is 2.66. The highest BCUT2D eigenvalue weighted by atomic mass is 16.3. The molecule has 0 amide bonds. The van der Waals surface area contributed by atoms with E-state index >= 15 is 0 Å². The van der Waals surface area contributed by atoms with Gasteiger partial charge in [0.15, 0.2) is 17.3 Å². The summed E-state index contributed by atoms with van der Waals surface area (Å²) in [6.45, 7) is 4.40. The molecule has 0 bridgehead atoms. The molecule has 1 aromatic heterocycles. The Labute approximate surface area is 111 Å². The second-order valence-corrected chi connectivity index (χ2v) is 4.44. The first-order chi connectivity index (χ1) is 9.02. The second-order valence-electron chi connectivity index (χ2n) is 4.44. The Morgan fingerprint density at radius 3 is 2.21 bits per heavy atom. The number of benzene rings is 1. The lowest BCUT2D eigenvalue weighted by Crippen LogP contribution is -2.09. The van der Waals surface area contributed by atoms with Crippen molar-refractivity contribution in [3.63, 3.8) is 0 Å². The van der Waals surface area contributed by atoms with Gasteiger partial charge >= 0.3 is 0 Å². The van der Waals surface area contributed by atoms with E-state index in [2.05, 4.69) is 9.97 Å². The van der Waals surface area contributed by atoms with Crippen LogP contribution in [0.4, 0.5) is 0 Å². The van der Waals surface area contributed by atoms with Gasteiger partial charge in [-0.15, -0.1) is 0 Å². The highest BCUT2D eigenvalue weighted by Crippen LogP contribution is 2.29. The molecule has 5 heteroatoms. The maximum atomic E-state index is 9.52. The highest BCUT2D eigenvalue weighted by molar-refractivity contribution is 5.61. The Kier molecular flexibility index (Phi) is 3.66. The van der Waals surface area contributed by atoms with Crippen LogP contribution in [-0.2, 0) is 6.42 Å². The van der Waals surface area contributed by atoms with Crippen molar-refractivity contribution in [3.8, 4) is 22.9 Å². The molecular formula is C14H17N3O2. The lowest BCUT2D eigenvalue weighted by atomic mass is 10.1. The molecule has 19 heavy (non-hydrogen) atoms. The number of aromatic hydroxyl groups is 2. The third-order valence-corrected chi connectivity index (χ3v) is 3.05. The molecule has 0 spiro atoms. The quantitative estimate of drug-likeness (QED) is 0.729. The minimum absolute atomic E-state index is 0.156. The summed E-state index contributed by atoms with van der Waals surface area (Å²) in [4.78, 5) is 8.87. The van der Waals surface area contributed by atoms with Crippen LogP contribution in [0.25, 0.3) is 11.4 Å². The van der Waals surface area contributed by atoms with Gasteiger partial charge in [0.25, 0.3) is 0 Å². The Hall–Kier alpha value is -2.14. The predicted octanol–water partition coefficient (Wildman–Crippen LogP) is 1.67. The molecule has 100 valence electrons. The topological polar surface area (TPSA) is 92.3 Å². The molecule has 0 atom stereocenters. The van der Waals surface area contributed by atoms with Crippen LogP contribution >= 0.6 is 0 Å². The molecule has 0 aliphatic heterocycles. The molecule has 0 saturated heterocycles. The van der Waals surface area contributed by atoms with Gasteiger partial charge in [-0.25, -0.2) is 9.97 Å². The predicted molar refractivity (Wildman–Crippen MR) is 73.0 cm³/mol. The number of aryl methyl sites for hydroxylation is 2. The molecule has 2 aromatic rings. The molecule has 0 unspecified atom stereocenters.